The summed E-state index contributed by atoms with van der Waals surface area (Å²) < 4.78 is 0. The Morgan fingerprint density at radius 3 is 2.88 bits per heavy atom. The molecule has 1 aliphatic rings. The molecule has 0 saturated carbocycles. The Morgan fingerprint density at radius 2 is 2.19 bits per heavy atom. The van der Waals surface area contributed by atoms with E-state index >= 15 is 0 Å². The highest BCUT2D eigenvalue weighted by atomic mass is 16.2. The third kappa shape index (κ3) is 3.69. The number of likely N-dealkylation sites (N-methyl/N-ethyl adjacent to an activating group) is 1. The number of carbonyl (C=O) groups excluding carboxylic acids is 1. The highest BCUT2D eigenvalue weighted by Gasteiger charge is 2.27. The van der Waals surface area contributed by atoms with E-state index in [2.05, 4.69) is 21.4 Å². The monoisotopic (exact) mass is 352 g/mol. The van der Waals surface area contributed by atoms with Gasteiger partial charge in [-0.1, -0.05) is 6.58 Å². The van der Waals surface area contributed by atoms with Gasteiger partial charge in [0, 0.05) is 49.8 Å². The fraction of sp³-hybridized carbons (Fsp3) is 0.350. The number of H-pyrrole nitrogens is 1. The minimum atomic E-state index is -0.114. The number of rotatable bonds is 5. The summed E-state index contributed by atoms with van der Waals surface area (Å²) in [6.45, 7) is 7.66. The molecule has 1 atom stereocenters. The van der Waals surface area contributed by atoms with Crippen LogP contribution in [0.4, 0.5) is 5.69 Å². The molecule has 3 heterocycles. The Bertz CT molecular complexity index is 831. The second-order valence-corrected chi connectivity index (χ2v) is 6.41. The van der Waals surface area contributed by atoms with Crippen molar-refractivity contribution < 1.29 is 4.79 Å². The van der Waals surface area contributed by atoms with E-state index in [9.17, 15) is 9.59 Å². The lowest BCUT2D eigenvalue weighted by molar-refractivity contribution is -0.127. The van der Waals surface area contributed by atoms with Gasteiger partial charge in [0.15, 0.2) is 0 Å². The number of piperidine rings is 1. The van der Waals surface area contributed by atoms with Crippen molar-refractivity contribution in [1.29, 1.82) is 0 Å². The highest BCUT2D eigenvalue weighted by molar-refractivity contribution is 5.87. The lowest BCUT2D eigenvalue weighted by Crippen LogP contribution is -2.50. The van der Waals surface area contributed by atoms with Gasteiger partial charge < -0.3 is 14.8 Å². The molecule has 0 spiro atoms. The van der Waals surface area contributed by atoms with Crippen molar-refractivity contribution in [2.45, 2.75) is 25.8 Å². The number of hydrogen-bond acceptors (Lipinski definition) is 4. The summed E-state index contributed by atoms with van der Waals surface area (Å²) >= 11 is 0. The first-order chi connectivity index (χ1) is 12.6. The summed E-state index contributed by atoms with van der Waals surface area (Å²) in [5.74, 6) is -0.0507. The Morgan fingerprint density at radius 1 is 1.42 bits per heavy atom. The van der Waals surface area contributed by atoms with E-state index in [1.807, 2.05) is 30.0 Å². The molecule has 2 aromatic rings. The van der Waals surface area contributed by atoms with Gasteiger partial charge in [0.25, 0.3) is 5.56 Å². The normalized spacial score (nSPS) is 17.0. The first-order valence-electron chi connectivity index (χ1n) is 8.95. The van der Waals surface area contributed by atoms with E-state index in [-0.39, 0.29) is 17.5 Å². The minimum absolute atomic E-state index is 0.0507. The third-order valence-corrected chi connectivity index (χ3v) is 4.87. The Balaban J connectivity index is 1.91. The van der Waals surface area contributed by atoms with E-state index < -0.39 is 0 Å². The smallest absolute Gasteiger partial charge is 0.271 e. The molecule has 2 aromatic heterocycles. The largest absolute Gasteiger partial charge is 0.363 e. The summed E-state index contributed by atoms with van der Waals surface area (Å²) in [7, 11) is 0. The zero-order valence-corrected chi connectivity index (χ0v) is 15.0. The fourth-order valence-electron chi connectivity index (χ4n) is 3.56. The molecule has 1 N–H and O–H groups in total. The van der Waals surface area contributed by atoms with Crippen LogP contribution < -0.4 is 10.5 Å². The average Bonchev–Trinajstić information content (AvgIpc) is 2.70. The summed E-state index contributed by atoms with van der Waals surface area (Å²) in [6.07, 6.45) is 8.42. The number of likely N-dealkylation sites (tertiary alicyclic amines) is 1. The summed E-state index contributed by atoms with van der Waals surface area (Å²) in [5, 5.41) is 0. The molecule has 1 saturated heterocycles. The van der Waals surface area contributed by atoms with Crippen LogP contribution in [0.5, 0.6) is 0 Å². The molecule has 0 aliphatic carbocycles. The number of hydrogen-bond donors (Lipinski definition) is 1. The van der Waals surface area contributed by atoms with Crippen molar-refractivity contribution in [3.63, 3.8) is 0 Å². The zero-order chi connectivity index (χ0) is 18.5. The van der Waals surface area contributed by atoms with Crippen molar-refractivity contribution in [2.75, 3.05) is 24.5 Å². The predicted molar refractivity (Wildman–Crippen MR) is 103 cm³/mol. The molecule has 26 heavy (non-hydrogen) atoms. The van der Waals surface area contributed by atoms with Gasteiger partial charge in [-0.25, -0.2) is 0 Å². The predicted octanol–water partition coefficient (Wildman–Crippen LogP) is 2.44. The van der Waals surface area contributed by atoms with Crippen LogP contribution in [0, 0.1) is 0 Å². The van der Waals surface area contributed by atoms with E-state index in [1.165, 1.54) is 6.08 Å². The number of anilines is 1. The molecule has 3 rings (SSSR count). The Hall–Kier alpha value is -2.89. The molecule has 0 unspecified atom stereocenters. The van der Waals surface area contributed by atoms with Gasteiger partial charge in [-0.2, -0.15) is 0 Å². The van der Waals surface area contributed by atoms with Crippen LogP contribution >= 0.6 is 0 Å². The maximum atomic E-state index is 12.5. The van der Waals surface area contributed by atoms with Crippen LogP contribution in [0.2, 0.25) is 0 Å². The molecular formula is C20H24N4O2. The van der Waals surface area contributed by atoms with Crippen LogP contribution in [0.25, 0.3) is 11.1 Å². The minimum Gasteiger partial charge on any atom is -0.363 e. The van der Waals surface area contributed by atoms with Gasteiger partial charge in [-0.3, -0.25) is 14.6 Å². The molecule has 1 fully saturated rings. The number of pyridine rings is 2. The van der Waals surface area contributed by atoms with Crippen molar-refractivity contribution in [2.24, 2.45) is 0 Å². The van der Waals surface area contributed by atoms with Crippen LogP contribution in [0.1, 0.15) is 19.8 Å². The van der Waals surface area contributed by atoms with E-state index in [1.54, 1.807) is 18.6 Å². The van der Waals surface area contributed by atoms with Gasteiger partial charge in [0.05, 0.1) is 0 Å². The van der Waals surface area contributed by atoms with Crippen LogP contribution in [0.3, 0.4) is 0 Å². The SMILES string of the molecule is C=CC(=O)N1CCC[C@H](N(CC)c2cc(-c3ccncc3)c[nH]c2=O)C1. The summed E-state index contributed by atoms with van der Waals surface area (Å²) in [4.78, 5) is 35.3. The summed E-state index contributed by atoms with van der Waals surface area (Å²) in [5.41, 5.74) is 2.47. The number of nitrogens with one attached hydrogen (secondary N) is 1. The van der Waals surface area contributed by atoms with Crippen LogP contribution in [-0.4, -0.2) is 46.5 Å². The molecule has 1 aliphatic heterocycles. The molecule has 0 radical (unpaired) electrons. The average molecular weight is 352 g/mol. The van der Waals surface area contributed by atoms with E-state index in [0.717, 1.165) is 30.5 Å². The fourth-order valence-corrected chi connectivity index (χ4v) is 3.56. The van der Waals surface area contributed by atoms with E-state index in [4.69, 9.17) is 0 Å². The number of nitrogens with zero attached hydrogens (tertiary/aromatic N) is 3. The second kappa shape index (κ2) is 7.99. The van der Waals surface area contributed by atoms with E-state index in [0.29, 0.717) is 18.8 Å². The van der Waals surface area contributed by atoms with Crippen molar-refractivity contribution in [3.05, 3.63) is 59.8 Å². The van der Waals surface area contributed by atoms with Crippen molar-refractivity contribution in [1.82, 2.24) is 14.9 Å². The van der Waals surface area contributed by atoms with Gasteiger partial charge >= 0.3 is 0 Å². The van der Waals surface area contributed by atoms with Crippen LogP contribution in [-0.2, 0) is 4.79 Å². The van der Waals surface area contributed by atoms with Crippen molar-refractivity contribution in [3.8, 4) is 11.1 Å². The standard InChI is InChI=1S/C20H24N4O2/c1-3-19(25)23-11-5-6-17(14-23)24(4-2)18-12-16(13-22-20(18)26)15-7-9-21-10-8-15/h3,7-10,12-13,17H,1,4-6,11,14H2,2H3,(H,22,26)/t17-/m0/s1. The zero-order valence-electron chi connectivity index (χ0n) is 15.0. The number of amides is 1. The van der Waals surface area contributed by atoms with Gasteiger partial charge in [-0.15, -0.1) is 0 Å². The number of carbonyl (C=O) groups is 1. The Labute approximate surface area is 153 Å². The molecular weight excluding hydrogens is 328 g/mol. The molecule has 0 bridgehead atoms. The lowest BCUT2D eigenvalue weighted by Gasteiger charge is -2.39. The van der Waals surface area contributed by atoms with Crippen molar-refractivity contribution >= 4 is 11.6 Å². The molecule has 6 nitrogen and oxygen atoms in total. The van der Waals surface area contributed by atoms with Gasteiger partial charge in [0.1, 0.15) is 5.69 Å². The molecule has 6 heteroatoms. The van der Waals surface area contributed by atoms with Crippen LogP contribution in [0.15, 0.2) is 54.2 Å². The molecule has 136 valence electrons. The third-order valence-electron chi connectivity index (χ3n) is 4.87. The molecule has 0 aromatic carbocycles. The first-order valence-corrected chi connectivity index (χ1v) is 8.95. The Kier molecular flexibility index (Phi) is 5.51. The quantitative estimate of drug-likeness (QED) is 0.839. The number of aromatic amines is 1. The highest BCUT2D eigenvalue weighted by Crippen LogP contribution is 2.24. The topological polar surface area (TPSA) is 69.3 Å². The summed E-state index contributed by atoms with van der Waals surface area (Å²) in [6, 6.07) is 5.87. The molecule has 1 amide bonds. The number of aromatic nitrogens is 2. The maximum absolute atomic E-state index is 12.5. The second-order valence-electron chi connectivity index (χ2n) is 6.41. The maximum Gasteiger partial charge on any atom is 0.271 e. The van der Waals surface area contributed by atoms with Gasteiger partial charge in [-0.05, 0) is 49.6 Å². The first kappa shape index (κ1) is 17.9. The van der Waals surface area contributed by atoms with Gasteiger partial charge in [0.2, 0.25) is 5.91 Å². The lowest BCUT2D eigenvalue weighted by atomic mass is 10.0.